The largest absolute Gasteiger partial charge is 0.469 e. The Hall–Kier alpha value is -2.35. The van der Waals surface area contributed by atoms with Crippen molar-refractivity contribution in [1.29, 1.82) is 0 Å². The molecule has 0 aliphatic rings. The van der Waals surface area contributed by atoms with Gasteiger partial charge in [0, 0.05) is 6.42 Å². The monoisotopic (exact) mass is 550 g/mol. The molecule has 0 saturated carbocycles. The standard InChI is InChI=1S/C38H62O2/c1-31(2)17-10-18-32(3)19-11-20-33(4)21-12-22-34(5)23-13-24-35(6)25-14-26-36(7)27-15-28-37(8)29-16-30-38(39)40-9/h17,19,21,23,25,27,29H,10-16,18,20,22,24,26,28,30H2,1-9H3/b32-19+,33-21+,34-23-,35-25-,36-27-,37-29-. The van der Waals surface area contributed by atoms with E-state index in [0.717, 1.165) is 57.8 Å². The third-order valence-corrected chi connectivity index (χ3v) is 7.32. The van der Waals surface area contributed by atoms with Gasteiger partial charge in [0.05, 0.1) is 7.11 Å². The number of esters is 1. The number of hydrogen-bond acceptors (Lipinski definition) is 2. The predicted octanol–water partition coefficient (Wildman–Crippen LogP) is 12.3. The zero-order valence-corrected chi connectivity index (χ0v) is 27.8. The first-order valence-electron chi connectivity index (χ1n) is 15.7. The van der Waals surface area contributed by atoms with Crippen LogP contribution in [0, 0.1) is 0 Å². The van der Waals surface area contributed by atoms with Crippen molar-refractivity contribution in [3.05, 3.63) is 81.5 Å². The number of allylic oxidation sites excluding steroid dienone is 14. The van der Waals surface area contributed by atoms with Crippen LogP contribution in [-0.4, -0.2) is 13.1 Å². The number of ether oxygens (including phenoxy) is 1. The van der Waals surface area contributed by atoms with E-state index in [1.807, 2.05) is 0 Å². The van der Waals surface area contributed by atoms with Gasteiger partial charge in [-0.1, -0.05) is 81.5 Å². The fourth-order valence-electron chi connectivity index (χ4n) is 4.47. The molecule has 2 nitrogen and oxygen atoms in total. The van der Waals surface area contributed by atoms with Gasteiger partial charge in [-0.15, -0.1) is 0 Å². The third-order valence-electron chi connectivity index (χ3n) is 7.32. The van der Waals surface area contributed by atoms with Crippen molar-refractivity contribution in [1.82, 2.24) is 0 Å². The highest BCUT2D eigenvalue weighted by Gasteiger charge is 1.98. The van der Waals surface area contributed by atoms with E-state index in [9.17, 15) is 4.79 Å². The second-order valence-corrected chi connectivity index (χ2v) is 11.9. The van der Waals surface area contributed by atoms with Gasteiger partial charge >= 0.3 is 5.97 Å². The molecule has 0 unspecified atom stereocenters. The molecule has 0 bridgehead atoms. The quantitative estimate of drug-likeness (QED) is 0.105. The highest BCUT2D eigenvalue weighted by atomic mass is 16.5. The van der Waals surface area contributed by atoms with E-state index in [1.54, 1.807) is 0 Å². The molecule has 0 aromatic carbocycles. The van der Waals surface area contributed by atoms with E-state index in [4.69, 9.17) is 0 Å². The summed E-state index contributed by atoms with van der Waals surface area (Å²) in [4.78, 5) is 11.2. The lowest BCUT2D eigenvalue weighted by Gasteiger charge is -2.04. The first-order valence-corrected chi connectivity index (χ1v) is 15.7. The summed E-state index contributed by atoms with van der Waals surface area (Å²) < 4.78 is 4.69. The molecule has 0 fully saturated rings. The molecule has 0 aliphatic carbocycles. The van der Waals surface area contributed by atoms with Crippen LogP contribution >= 0.6 is 0 Å². The molecular formula is C38H62O2. The Bertz CT molecular complexity index is 927. The molecule has 2 heteroatoms. The van der Waals surface area contributed by atoms with Crippen LogP contribution < -0.4 is 0 Å². The molecule has 0 heterocycles. The van der Waals surface area contributed by atoms with Crippen molar-refractivity contribution in [2.24, 2.45) is 0 Å². The Morgan fingerprint density at radius 3 is 0.850 bits per heavy atom. The minimum absolute atomic E-state index is 0.136. The molecule has 0 amide bonds. The SMILES string of the molecule is COC(=O)CC/C=C(/C)CC/C=C(/C)CC/C=C(/C)CC/C=C(/C)CC/C=C(\C)CC/C=C(\C)CCC=C(C)C. The molecule has 0 atom stereocenters. The van der Waals surface area contributed by atoms with Crippen molar-refractivity contribution >= 4 is 5.97 Å². The fraction of sp³-hybridized carbons (Fsp3) is 0.605. The van der Waals surface area contributed by atoms with Gasteiger partial charge in [0.2, 0.25) is 0 Å². The average molecular weight is 551 g/mol. The molecule has 0 aromatic rings. The maximum Gasteiger partial charge on any atom is 0.305 e. The Morgan fingerprint density at radius 2 is 0.625 bits per heavy atom. The van der Waals surface area contributed by atoms with Gasteiger partial charge in [0.15, 0.2) is 0 Å². The van der Waals surface area contributed by atoms with Crippen LogP contribution in [0.25, 0.3) is 0 Å². The molecule has 0 N–H and O–H groups in total. The highest BCUT2D eigenvalue weighted by molar-refractivity contribution is 5.69. The zero-order valence-electron chi connectivity index (χ0n) is 27.8. The smallest absolute Gasteiger partial charge is 0.305 e. The summed E-state index contributed by atoms with van der Waals surface area (Å²) in [6.45, 7) is 17.8. The van der Waals surface area contributed by atoms with Crippen LogP contribution in [0.4, 0.5) is 0 Å². The third kappa shape index (κ3) is 24.7. The normalized spacial score (nSPS) is 14.0. The van der Waals surface area contributed by atoms with Crippen LogP contribution in [0.1, 0.15) is 145 Å². The van der Waals surface area contributed by atoms with E-state index >= 15 is 0 Å². The summed E-state index contributed by atoms with van der Waals surface area (Å²) in [5, 5.41) is 0. The lowest BCUT2D eigenvalue weighted by molar-refractivity contribution is -0.140. The highest BCUT2D eigenvalue weighted by Crippen LogP contribution is 2.16. The van der Waals surface area contributed by atoms with E-state index in [0.29, 0.717) is 6.42 Å². The lowest BCUT2D eigenvalue weighted by Crippen LogP contribution is -1.98. The van der Waals surface area contributed by atoms with Crippen LogP contribution in [0.3, 0.4) is 0 Å². The van der Waals surface area contributed by atoms with Gasteiger partial charge in [-0.25, -0.2) is 0 Å². The first kappa shape index (κ1) is 37.6. The van der Waals surface area contributed by atoms with Crippen molar-refractivity contribution in [2.45, 2.75) is 145 Å². The van der Waals surface area contributed by atoms with Crippen molar-refractivity contribution in [2.75, 3.05) is 7.11 Å². The topological polar surface area (TPSA) is 26.3 Å². The molecule has 0 aliphatic heterocycles. The summed E-state index contributed by atoms with van der Waals surface area (Å²) >= 11 is 0. The minimum atomic E-state index is -0.136. The van der Waals surface area contributed by atoms with Gasteiger partial charge in [0.1, 0.15) is 0 Å². The molecule has 0 radical (unpaired) electrons. The summed E-state index contributed by atoms with van der Waals surface area (Å²) in [7, 11) is 1.44. The molecular weight excluding hydrogens is 488 g/mol. The summed E-state index contributed by atoms with van der Waals surface area (Å²) in [6, 6.07) is 0. The molecule has 226 valence electrons. The predicted molar refractivity (Wildman–Crippen MR) is 179 cm³/mol. The molecule has 0 spiro atoms. The Morgan fingerprint density at radius 1 is 0.400 bits per heavy atom. The first-order chi connectivity index (χ1) is 19.0. The van der Waals surface area contributed by atoms with E-state index < -0.39 is 0 Å². The van der Waals surface area contributed by atoms with Crippen molar-refractivity contribution < 1.29 is 9.53 Å². The zero-order chi connectivity index (χ0) is 30.2. The number of methoxy groups -OCH3 is 1. The summed E-state index contributed by atoms with van der Waals surface area (Å²) in [5.41, 5.74) is 10.3. The molecule has 0 aromatic heterocycles. The minimum Gasteiger partial charge on any atom is -0.469 e. The molecule has 40 heavy (non-hydrogen) atoms. The molecule has 0 saturated heterocycles. The number of rotatable bonds is 21. The van der Waals surface area contributed by atoms with E-state index in [1.165, 1.54) is 71.8 Å². The number of hydrogen-bond donors (Lipinski definition) is 0. The average Bonchev–Trinajstić information content (AvgIpc) is 2.88. The lowest BCUT2D eigenvalue weighted by atomic mass is 10.0. The van der Waals surface area contributed by atoms with Gasteiger partial charge in [-0.05, 0) is 139 Å². The van der Waals surface area contributed by atoms with Crippen LogP contribution in [0.5, 0.6) is 0 Å². The second kappa shape index (κ2) is 24.4. The van der Waals surface area contributed by atoms with Crippen LogP contribution in [0.15, 0.2) is 81.5 Å². The number of carbonyl (C=O) groups is 1. The van der Waals surface area contributed by atoms with Crippen molar-refractivity contribution in [3.8, 4) is 0 Å². The van der Waals surface area contributed by atoms with Crippen LogP contribution in [0.2, 0.25) is 0 Å². The maximum absolute atomic E-state index is 11.2. The summed E-state index contributed by atoms with van der Waals surface area (Å²) in [6.07, 6.45) is 31.5. The maximum atomic E-state index is 11.2. The Balaban J connectivity index is 4.17. The fourth-order valence-corrected chi connectivity index (χ4v) is 4.47. The van der Waals surface area contributed by atoms with E-state index in [2.05, 4.69) is 103 Å². The van der Waals surface area contributed by atoms with Crippen molar-refractivity contribution in [3.63, 3.8) is 0 Å². The van der Waals surface area contributed by atoms with Gasteiger partial charge < -0.3 is 4.74 Å². The Labute approximate surface area is 249 Å². The van der Waals surface area contributed by atoms with Gasteiger partial charge in [-0.3, -0.25) is 4.79 Å². The van der Waals surface area contributed by atoms with Crippen LogP contribution in [-0.2, 0) is 9.53 Å². The van der Waals surface area contributed by atoms with Gasteiger partial charge in [-0.2, -0.15) is 0 Å². The number of carbonyl (C=O) groups excluding carboxylic acids is 1. The Kier molecular flexibility index (Phi) is 23.0. The summed E-state index contributed by atoms with van der Waals surface area (Å²) in [5.74, 6) is -0.136. The second-order valence-electron chi connectivity index (χ2n) is 11.9. The van der Waals surface area contributed by atoms with E-state index in [-0.39, 0.29) is 5.97 Å². The molecule has 0 rings (SSSR count). The van der Waals surface area contributed by atoms with Gasteiger partial charge in [0.25, 0.3) is 0 Å².